The summed E-state index contributed by atoms with van der Waals surface area (Å²) < 4.78 is 14.8. The fraction of sp³-hybridized carbons (Fsp3) is 0.500. The lowest BCUT2D eigenvalue weighted by Crippen LogP contribution is -2.27. The first-order valence-electron chi connectivity index (χ1n) is 6.44. The summed E-state index contributed by atoms with van der Waals surface area (Å²) in [5.41, 5.74) is -0.296. The molecule has 1 aromatic heterocycles. The molecule has 0 aliphatic heterocycles. The van der Waals surface area contributed by atoms with Gasteiger partial charge in [-0.1, -0.05) is 0 Å². The number of methoxy groups -OCH3 is 1. The summed E-state index contributed by atoms with van der Waals surface area (Å²) in [6.45, 7) is 5.79. The standard InChI is InChI=1S/C14H20N2O5/c1-14(2,3)21-13(18)16-11-6-5-10(9-15-11)12(17)20-8-7-19-4/h5-6,9H,7-8H2,1-4H3,(H,15,16,18). The van der Waals surface area contributed by atoms with Gasteiger partial charge in [-0.15, -0.1) is 0 Å². The van der Waals surface area contributed by atoms with Crippen LogP contribution in [0.3, 0.4) is 0 Å². The maximum absolute atomic E-state index is 11.6. The SMILES string of the molecule is COCCOC(=O)c1ccc(NC(=O)OC(C)(C)C)nc1. The lowest BCUT2D eigenvalue weighted by molar-refractivity contribution is 0.0387. The Hall–Kier alpha value is -2.15. The average molecular weight is 296 g/mol. The number of nitrogens with one attached hydrogen (secondary N) is 1. The van der Waals surface area contributed by atoms with E-state index in [1.165, 1.54) is 25.4 Å². The normalized spacial score (nSPS) is 10.9. The zero-order valence-electron chi connectivity index (χ0n) is 12.6. The summed E-state index contributed by atoms with van der Waals surface area (Å²) in [4.78, 5) is 27.1. The van der Waals surface area contributed by atoms with Gasteiger partial charge in [-0.05, 0) is 32.9 Å². The molecule has 0 atom stereocenters. The molecule has 7 heteroatoms. The van der Waals surface area contributed by atoms with Crippen molar-refractivity contribution in [3.8, 4) is 0 Å². The number of ether oxygens (including phenoxy) is 3. The summed E-state index contributed by atoms with van der Waals surface area (Å²) in [6, 6.07) is 3.01. The molecular formula is C14H20N2O5. The molecule has 21 heavy (non-hydrogen) atoms. The van der Waals surface area contributed by atoms with Gasteiger partial charge in [0, 0.05) is 13.3 Å². The van der Waals surface area contributed by atoms with Gasteiger partial charge in [0.15, 0.2) is 0 Å². The van der Waals surface area contributed by atoms with Crippen LogP contribution >= 0.6 is 0 Å². The molecule has 0 spiro atoms. The Bertz CT molecular complexity index is 479. The number of carbonyl (C=O) groups is 2. The fourth-order valence-corrected chi connectivity index (χ4v) is 1.30. The van der Waals surface area contributed by atoms with Crippen molar-refractivity contribution in [3.05, 3.63) is 23.9 Å². The summed E-state index contributed by atoms with van der Waals surface area (Å²) >= 11 is 0. The number of nitrogens with zero attached hydrogens (tertiary/aromatic N) is 1. The minimum atomic E-state index is -0.606. The third-order valence-corrected chi connectivity index (χ3v) is 2.15. The maximum atomic E-state index is 11.6. The van der Waals surface area contributed by atoms with Crippen LogP contribution in [-0.4, -0.2) is 43.0 Å². The number of aromatic nitrogens is 1. The highest BCUT2D eigenvalue weighted by Crippen LogP contribution is 2.11. The Morgan fingerprint density at radius 2 is 1.95 bits per heavy atom. The smallest absolute Gasteiger partial charge is 0.413 e. The molecule has 1 N–H and O–H groups in total. The quantitative estimate of drug-likeness (QED) is 0.662. The lowest BCUT2D eigenvalue weighted by Gasteiger charge is -2.19. The van der Waals surface area contributed by atoms with Crippen molar-refractivity contribution in [1.29, 1.82) is 0 Å². The second-order valence-corrected chi connectivity index (χ2v) is 5.19. The Balaban J connectivity index is 2.54. The molecule has 0 bridgehead atoms. The molecule has 1 aromatic rings. The van der Waals surface area contributed by atoms with Crippen molar-refractivity contribution < 1.29 is 23.8 Å². The van der Waals surface area contributed by atoms with Crippen LogP contribution in [0, 0.1) is 0 Å². The third kappa shape index (κ3) is 6.71. The van der Waals surface area contributed by atoms with Crippen LogP contribution in [0.15, 0.2) is 18.3 Å². The van der Waals surface area contributed by atoms with Gasteiger partial charge in [0.2, 0.25) is 0 Å². The highest BCUT2D eigenvalue weighted by atomic mass is 16.6. The van der Waals surface area contributed by atoms with Gasteiger partial charge in [-0.2, -0.15) is 0 Å². The summed E-state index contributed by atoms with van der Waals surface area (Å²) in [5.74, 6) is -0.207. The topological polar surface area (TPSA) is 86.8 Å². The summed E-state index contributed by atoms with van der Waals surface area (Å²) in [7, 11) is 1.52. The van der Waals surface area contributed by atoms with Crippen molar-refractivity contribution in [1.82, 2.24) is 4.98 Å². The first-order chi connectivity index (χ1) is 9.81. The Morgan fingerprint density at radius 3 is 2.48 bits per heavy atom. The molecule has 0 unspecified atom stereocenters. The van der Waals surface area contributed by atoms with Gasteiger partial charge < -0.3 is 14.2 Å². The van der Waals surface area contributed by atoms with Crippen LogP contribution < -0.4 is 5.32 Å². The second kappa shape index (κ2) is 7.58. The lowest BCUT2D eigenvalue weighted by atomic mass is 10.2. The number of pyridine rings is 1. The molecule has 0 aliphatic rings. The van der Waals surface area contributed by atoms with Gasteiger partial charge in [0.25, 0.3) is 0 Å². The average Bonchev–Trinajstić information content (AvgIpc) is 2.37. The number of esters is 1. The van der Waals surface area contributed by atoms with E-state index < -0.39 is 17.7 Å². The molecule has 1 heterocycles. The van der Waals surface area contributed by atoms with Crippen LogP contribution in [0.1, 0.15) is 31.1 Å². The molecule has 0 fully saturated rings. The van der Waals surface area contributed by atoms with E-state index in [9.17, 15) is 9.59 Å². The predicted octanol–water partition coefficient (Wildman–Crippen LogP) is 2.23. The molecule has 1 rings (SSSR count). The van der Waals surface area contributed by atoms with E-state index in [4.69, 9.17) is 14.2 Å². The van der Waals surface area contributed by atoms with Crippen LogP contribution in [0.2, 0.25) is 0 Å². The van der Waals surface area contributed by atoms with Gasteiger partial charge >= 0.3 is 12.1 Å². The fourth-order valence-electron chi connectivity index (χ4n) is 1.30. The molecule has 116 valence electrons. The molecule has 7 nitrogen and oxygen atoms in total. The van der Waals surface area contributed by atoms with Crippen molar-refractivity contribution in [2.24, 2.45) is 0 Å². The number of carbonyl (C=O) groups excluding carboxylic acids is 2. The van der Waals surface area contributed by atoms with Crippen LogP contribution in [0.25, 0.3) is 0 Å². The minimum Gasteiger partial charge on any atom is -0.460 e. The van der Waals surface area contributed by atoms with E-state index in [0.717, 1.165) is 0 Å². The zero-order valence-corrected chi connectivity index (χ0v) is 12.6. The molecule has 1 amide bonds. The zero-order chi connectivity index (χ0) is 15.9. The molecule has 0 aliphatic carbocycles. The molecule has 0 saturated heterocycles. The number of anilines is 1. The van der Waals surface area contributed by atoms with Gasteiger partial charge in [-0.25, -0.2) is 14.6 Å². The summed E-state index contributed by atoms with van der Waals surface area (Å²) in [6.07, 6.45) is 0.715. The van der Waals surface area contributed by atoms with Crippen molar-refractivity contribution in [2.45, 2.75) is 26.4 Å². The highest BCUT2D eigenvalue weighted by Gasteiger charge is 2.16. The van der Waals surface area contributed by atoms with E-state index in [0.29, 0.717) is 12.2 Å². The van der Waals surface area contributed by atoms with Gasteiger partial charge in [0.1, 0.15) is 18.0 Å². The molecule has 0 saturated carbocycles. The number of amides is 1. The van der Waals surface area contributed by atoms with E-state index in [1.807, 2.05) is 0 Å². The summed E-state index contributed by atoms with van der Waals surface area (Å²) in [5, 5.41) is 2.47. The van der Waals surface area contributed by atoms with E-state index in [2.05, 4.69) is 10.3 Å². The van der Waals surface area contributed by atoms with E-state index in [1.54, 1.807) is 20.8 Å². The first kappa shape index (κ1) is 16.9. The van der Waals surface area contributed by atoms with Crippen molar-refractivity contribution >= 4 is 17.9 Å². The first-order valence-corrected chi connectivity index (χ1v) is 6.44. The van der Waals surface area contributed by atoms with Crippen molar-refractivity contribution in [2.75, 3.05) is 25.6 Å². The number of hydrogen-bond acceptors (Lipinski definition) is 6. The predicted molar refractivity (Wildman–Crippen MR) is 76.3 cm³/mol. The minimum absolute atomic E-state index is 0.174. The molecular weight excluding hydrogens is 276 g/mol. The van der Waals surface area contributed by atoms with Crippen LogP contribution in [0.4, 0.5) is 10.6 Å². The van der Waals surface area contributed by atoms with E-state index >= 15 is 0 Å². The number of hydrogen-bond donors (Lipinski definition) is 1. The monoisotopic (exact) mass is 296 g/mol. The number of rotatable bonds is 5. The maximum Gasteiger partial charge on any atom is 0.413 e. The second-order valence-electron chi connectivity index (χ2n) is 5.19. The van der Waals surface area contributed by atoms with Gasteiger partial charge in [-0.3, -0.25) is 5.32 Å². The molecule has 0 aromatic carbocycles. The molecule has 0 radical (unpaired) electrons. The Morgan fingerprint density at radius 1 is 1.24 bits per heavy atom. The van der Waals surface area contributed by atoms with Gasteiger partial charge in [0.05, 0.1) is 12.2 Å². The highest BCUT2D eigenvalue weighted by molar-refractivity contribution is 5.90. The Labute approximate surface area is 123 Å². The Kier molecular flexibility index (Phi) is 6.10. The van der Waals surface area contributed by atoms with Crippen LogP contribution in [-0.2, 0) is 14.2 Å². The van der Waals surface area contributed by atoms with E-state index in [-0.39, 0.29) is 12.4 Å². The largest absolute Gasteiger partial charge is 0.460 e. The van der Waals surface area contributed by atoms with Crippen molar-refractivity contribution in [3.63, 3.8) is 0 Å². The third-order valence-electron chi connectivity index (χ3n) is 2.15. The van der Waals surface area contributed by atoms with Crippen LogP contribution in [0.5, 0.6) is 0 Å².